The minimum atomic E-state index is 0.0176. The van der Waals surface area contributed by atoms with Gasteiger partial charge in [0.25, 0.3) is 0 Å². The number of rotatable bonds is 9. The van der Waals surface area contributed by atoms with Crippen LogP contribution in [0.3, 0.4) is 0 Å². The third kappa shape index (κ3) is 4.19. The Morgan fingerprint density at radius 3 is 2.55 bits per heavy atom. The minimum Gasteiger partial charge on any atom is -0.394 e. The van der Waals surface area contributed by atoms with Crippen LogP contribution in [0.2, 0.25) is 0 Å². The van der Waals surface area contributed by atoms with Crippen molar-refractivity contribution in [2.45, 2.75) is 95.8 Å². The van der Waals surface area contributed by atoms with E-state index in [4.69, 9.17) is 0 Å². The molecule has 2 fully saturated rings. The van der Waals surface area contributed by atoms with Crippen molar-refractivity contribution in [1.82, 2.24) is 10.2 Å². The Kier molecular flexibility index (Phi) is 5.88. The second-order valence-electron chi connectivity index (χ2n) is 7.29. The molecule has 3 heteroatoms. The smallest absolute Gasteiger partial charge is 0.0614 e. The SMILES string of the molecule is CCCCCN(C(C)C)C1CCC(CO)(NC2CC2)C1. The van der Waals surface area contributed by atoms with Crippen LogP contribution in [0.4, 0.5) is 0 Å². The number of hydrogen-bond donors (Lipinski definition) is 2. The van der Waals surface area contributed by atoms with E-state index < -0.39 is 0 Å². The molecule has 0 heterocycles. The molecule has 2 unspecified atom stereocenters. The molecule has 0 aromatic heterocycles. The maximum absolute atomic E-state index is 9.86. The Bertz CT molecular complexity index is 291. The van der Waals surface area contributed by atoms with Crippen molar-refractivity contribution in [3.05, 3.63) is 0 Å². The van der Waals surface area contributed by atoms with Crippen LogP contribution in [0.25, 0.3) is 0 Å². The molecule has 2 atom stereocenters. The summed E-state index contributed by atoms with van der Waals surface area (Å²) in [4.78, 5) is 2.68. The Morgan fingerprint density at radius 1 is 1.25 bits per heavy atom. The molecule has 0 aliphatic heterocycles. The van der Waals surface area contributed by atoms with E-state index in [2.05, 4.69) is 31.0 Å². The van der Waals surface area contributed by atoms with E-state index in [-0.39, 0.29) is 5.54 Å². The number of aliphatic hydroxyl groups is 1. The summed E-state index contributed by atoms with van der Waals surface area (Å²) < 4.78 is 0. The van der Waals surface area contributed by atoms with Crippen molar-refractivity contribution >= 4 is 0 Å². The largest absolute Gasteiger partial charge is 0.394 e. The van der Waals surface area contributed by atoms with Gasteiger partial charge in [0.05, 0.1) is 6.61 Å². The van der Waals surface area contributed by atoms with E-state index in [1.54, 1.807) is 0 Å². The van der Waals surface area contributed by atoms with Gasteiger partial charge in [0.1, 0.15) is 0 Å². The second kappa shape index (κ2) is 7.24. The first-order chi connectivity index (χ1) is 9.60. The summed E-state index contributed by atoms with van der Waals surface area (Å²) in [6.07, 6.45) is 10.1. The lowest BCUT2D eigenvalue weighted by atomic mass is 9.97. The van der Waals surface area contributed by atoms with Crippen molar-refractivity contribution in [2.24, 2.45) is 0 Å². The van der Waals surface area contributed by atoms with Crippen LogP contribution in [-0.4, -0.2) is 46.8 Å². The van der Waals surface area contributed by atoms with Crippen molar-refractivity contribution in [3.8, 4) is 0 Å². The van der Waals surface area contributed by atoms with Gasteiger partial charge in [0.2, 0.25) is 0 Å². The minimum absolute atomic E-state index is 0.0176. The molecule has 0 amide bonds. The maximum Gasteiger partial charge on any atom is 0.0614 e. The van der Waals surface area contributed by atoms with Gasteiger partial charge in [0.15, 0.2) is 0 Å². The fourth-order valence-corrected chi connectivity index (χ4v) is 3.77. The quantitative estimate of drug-likeness (QED) is 0.638. The van der Waals surface area contributed by atoms with E-state index in [1.165, 1.54) is 45.1 Å². The predicted molar refractivity (Wildman–Crippen MR) is 85.0 cm³/mol. The summed E-state index contributed by atoms with van der Waals surface area (Å²) in [6, 6.07) is 1.96. The Hall–Kier alpha value is -0.120. The van der Waals surface area contributed by atoms with Crippen molar-refractivity contribution < 1.29 is 5.11 Å². The van der Waals surface area contributed by atoms with E-state index in [0.717, 1.165) is 12.8 Å². The topological polar surface area (TPSA) is 35.5 Å². The van der Waals surface area contributed by atoms with Crippen LogP contribution in [-0.2, 0) is 0 Å². The van der Waals surface area contributed by atoms with Crippen LogP contribution in [0.5, 0.6) is 0 Å². The fourth-order valence-electron chi connectivity index (χ4n) is 3.77. The molecule has 118 valence electrons. The zero-order chi connectivity index (χ0) is 14.6. The molecule has 2 aliphatic carbocycles. The Morgan fingerprint density at radius 2 is 2.00 bits per heavy atom. The average Bonchev–Trinajstić information content (AvgIpc) is 3.13. The van der Waals surface area contributed by atoms with Gasteiger partial charge < -0.3 is 10.4 Å². The number of nitrogens with one attached hydrogen (secondary N) is 1. The van der Waals surface area contributed by atoms with Gasteiger partial charge in [-0.3, -0.25) is 4.90 Å². The first kappa shape index (κ1) is 16.3. The van der Waals surface area contributed by atoms with Gasteiger partial charge in [-0.05, 0) is 58.9 Å². The molecular weight excluding hydrogens is 248 g/mol. The molecule has 0 bridgehead atoms. The third-order valence-electron chi connectivity index (χ3n) is 5.12. The molecule has 2 aliphatic rings. The highest BCUT2D eigenvalue weighted by atomic mass is 16.3. The van der Waals surface area contributed by atoms with Crippen LogP contribution in [0.15, 0.2) is 0 Å². The van der Waals surface area contributed by atoms with Gasteiger partial charge in [-0.15, -0.1) is 0 Å². The molecular formula is C17H34N2O. The summed E-state index contributed by atoms with van der Waals surface area (Å²) in [5, 5.41) is 13.6. The Labute approximate surface area is 125 Å². The molecule has 2 rings (SSSR count). The standard InChI is InChI=1S/C17H34N2O/c1-4-5-6-11-19(14(2)3)16-9-10-17(12-16,13-20)18-15-7-8-15/h14-16,18,20H,4-13H2,1-3H3. The highest BCUT2D eigenvalue weighted by molar-refractivity contribution is 5.03. The summed E-state index contributed by atoms with van der Waals surface area (Å²) in [5.41, 5.74) is 0.0176. The lowest BCUT2D eigenvalue weighted by Gasteiger charge is -2.35. The number of aliphatic hydroxyl groups excluding tert-OH is 1. The summed E-state index contributed by atoms with van der Waals surface area (Å²) >= 11 is 0. The molecule has 0 saturated heterocycles. The molecule has 2 saturated carbocycles. The fraction of sp³-hybridized carbons (Fsp3) is 1.00. The molecule has 3 nitrogen and oxygen atoms in total. The molecule has 2 N–H and O–H groups in total. The van der Waals surface area contributed by atoms with Crippen molar-refractivity contribution in [1.29, 1.82) is 0 Å². The molecule has 0 spiro atoms. The first-order valence-corrected chi connectivity index (χ1v) is 8.74. The molecule has 20 heavy (non-hydrogen) atoms. The normalized spacial score (nSPS) is 30.6. The van der Waals surface area contributed by atoms with Crippen molar-refractivity contribution in [2.75, 3.05) is 13.2 Å². The van der Waals surface area contributed by atoms with Crippen LogP contribution in [0.1, 0.15) is 72.1 Å². The zero-order valence-corrected chi connectivity index (χ0v) is 13.7. The first-order valence-electron chi connectivity index (χ1n) is 8.74. The van der Waals surface area contributed by atoms with Gasteiger partial charge >= 0.3 is 0 Å². The van der Waals surface area contributed by atoms with Crippen LogP contribution < -0.4 is 5.32 Å². The lowest BCUT2D eigenvalue weighted by molar-refractivity contribution is 0.122. The second-order valence-corrected chi connectivity index (χ2v) is 7.29. The number of nitrogens with zero attached hydrogens (tertiary/aromatic N) is 1. The van der Waals surface area contributed by atoms with E-state index in [1.807, 2.05) is 0 Å². The Balaban J connectivity index is 1.89. The number of hydrogen-bond acceptors (Lipinski definition) is 3. The highest BCUT2D eigenvalue weighted by Gasteiger charge is 2.43. The lowest BCUT2D eigenvalue weighted by Crippen LogP contribution is -2.49. The summed E-state index contributed by atoms with van der Waals surface area (Å²) in [5.74, 6) is 0. The van der Waals surface area contributed by atoms with E-state index in [9.17, 15) is 5.11 Å². The van der Waals surface area contributed by atoms with E-state index >= 15 is 0 Å². The van der Waals surface area contributed by atoms with Gasteiger partial charge in [0, 0.05) is 23.7 Å². The molecule has 0 aromatic rings. The van der Waals surface area contributed by atoms with Gasteiger partial charge in [-0.2, -0.15) is 0 Å². The average molecular weight is 282 g/mol. The monoisotopic (exact) mass is 282 g/mol. The predicted octanol–water partition coefficient (Wildman–Crippen LogP) is 2.92. The summed E-state index contributed by atoms with van der Waals surface area (Å²) in [7, 11) is 0. The van der Waals surface area contributed by atoms with Gasteiger partial charge in [-0.1, -0.05) is 19.8 Å². The molecule has 0 aromatic carbocycles. The van der Waals surface area contributed by atoms with E-state index in [0.29, 0.717) is 24.7 Å². The van der Waals surface area contributed by atoms with Crippen LogP contribution >= 0.6 is 0 Å². The third-order valence-corrected chi connectivity index (χ3v) is 5.12. The van der Waals surface area contributed by atoms with Gasteiger partial charge in [-0.25, -0.2) is 0 Å². The zero-order valence-electron chi connectivity index (χ0n) is 13.7. The van der Waals surface area contributed by atoms with Crippen LogP contribution in [0, 0.1) is 0 Å². The highest BCUT2D eigenvalue weighted by Crippen LogP contribution is 2.36. The maximum atomic E-state index is 9.86. The summed E-state index contributed by atoms with van der Waals surface area (Å²) in [6.45, 7) is 8.44. The number of unbranched alkanes of at least 4 members (excludes halogenated alkanes) is 2. The van der Waals surface area contributed by atoms with Crippen molar-refractivity contribution in [3.63, 3.8) is 0 Å². The molecule has 0 radical (unpaired) electrons.